The van der Waals surface area contributed by atoms with E-state index in [1.165, 1.54) is 12.1 Å². The summed E-state index contributed by atoms with van der Waals surface area (Å²) in [4.78, 5) is 23.3. The number of halogens is 1. The van der Waals surface area contributed by atoms with Gasteiger partial charge in [0.2, 0.25) is 6.08 Å². The van der Waals surface area contributed by atoms with Gasteiger partial charge in [-0.2, -0.15) is 0 Å². The first kappa shape index (κ1) is 11.6. The van der Waals surface area contributed by atoms with Crippen LogP contribution in [0.5, 0.6) is 0 Å². The third-order valence-corrected chi connectivity index (χ3v) is 2.45. The summed E-state index contributed by atoms with van der Waals surface area (Å²) >= 11 is 3.09. The lowest BCUT2D eigenvalue weighted by molar-refractivity contribution is -0.385. The first-order valence-electron chi connectivity index (χ1n) is 4.11. The number of benzene rings is 1. The molecule has 0 saturated carbocycles. The van der Waals surface area contributed by atoms with Crippen LogP contribution in [0.3, 0.4) is 0 Å². The van der Waals surface area contributed by atoms with E-state index in [1.807, 2.05) is 0 Å². The second-order valence-electron chi connectivity index (χ2n) is 2.77. The van der Waals surface area contributed by atoms with E-state index in [4.69, 9.17) is 0 Å². The van der Waals surface area contributed by atoms with Crippen LogP contribution in [0.25, 0.3) is 0 Å². The molecular formula is C9H7BrN2O3. The van der Waals surface area contributed by atoms with E-state index in [-0.39, 0.29) is 5.69 Å². The predicted octanol–water partition coefficient (Wildman–Crippen LogP) is 2.24. The van der Waals surface area contributed by atoms with Crippen molar-refractivity contribution < 1.29 is 9.72 Å². The van der Waals surface area contributed by atoms with Gasteiger partial charge in [-0.15, -0.1) is 0 Å². The van der Waals surface area contributed by atoms with Crippen LogP contribution in [-0.4, -0.2) is 17.5 Å². The summed E-state index contributed by atoms with van der Waals surface area (Å²) in [7, 11) is 0. The van der Waals surface area contributed by atoms with E-state index in [1.54, 1.807) is 12.1 Å². The Kier molecular flexibility index (Phi) is 4.15. The minimum absolute atomic E-state index is 0.0163. The van der Waals surface area contributed by atoms with Gasteiger partial charge >= 0.3 is 0 Å². The highest BCUT2D eigenvalue weighted by atomic mass is 79.9. The highest BCUT2D eigenvalue weighted by molar-refractivity contribution is 9.10. The molecule has 0 atom stereocenters. The van der Waals surface area contributed by atoms with Crippen LogP contribution in [0.2, 0.25) is 0 Å². The quantitative estimate of drug-likeness (QED) is 0.365. The fraction of sp³-hybridized carbons (Fsp3) is 0.222. The Morgan fingerprint density at radius 1 is 1.53 bits per heavy atom. The molecule has 0 saturated heterocycles. The molecule has 1 rings (SSSR count). The summed E-state index contributed by atoms with van der Waals surface area (Å²) in [6.45, 7) is 0.294. The SMILES string of the molecule is O=C=NCCc1ccc(Br)c([N+](=O)[O-])c1. The second kappa shape index (κ2) is 5.38. The van der Waals surface area contributed by atoms with Gasteiger partial charge in [0.05, 0.1) is 15.9 Å². The van der Waals surface area contributed by atoms with Crippen molar-refractivity contribution in [3.8, 4) is 0 Å². The molecule has 1 aromatic carbocycles. The number of hydrogen-bond acceptors (Lipinski definition) is 4. The average molecular weight is 271 g/mol. The van der Waals surface area contributed by atoms with E-state index in [2.05, 4.69) is 20.9 Å². The monoisotopic (exact) mass is 270 g/mol. The first-order chi connectivity index (χ1) is 7.15. The lowest BCUT2D eigenvalue weighted by Crippen LogP contribution is -1.94. The van der Waals surface area contributed by atoms with Crippen molar-refractivity contribution in [1.82, 2.24) is 0 Å². The number of rotatable bonds is 4. The van der Waals surface area contributed by atoms with E-state index in [0.717, 1.165) is 5.56 Å². The number of nitro benzene ring substituents is 1. The predicted molar refractivity (Wildman–Crippen MR) is 57.5 cm³/mol. The van der Waals surface area contributed by atoms with Crippen LogP contribution >= 0.6 is 15.9 Å². The number of nitro groups is 1. The molecule has 0 fully saturated rings. The van der Waals surface area contributed by atoms with Crippen molar-refractivity contribution in [2.24, 2.45) is 4.99 Å². The van der Waals surface area contributed by atoms with E-state index < -0.39 is 4.92 Å². The minimum atomic E-state index is -0.462. The molecule has 0 aromatic heterocycles. The summed E-state index contributed by atoms with van der Waals surface area (Å²) < 4.78 is 0.440. The summed E-state index contributed by atoms with van der Waals surface area (Å²) in [6.07, 6.45) is 1.91. The van der Waals surface area contributed by atoms with Crippen LogP contribution in [0.1, 0.15) is 5.56 Å². The Labute approximate surface area is 94.1 Å². The van der Waals surface area contributed by atoms with Gasteiger partial charge in [-0.25, -0.2) is 9.79 Å². The van der Waals surface area contributed by atoms with Gasteiger partial charge in [0, 0.05) is 6.07 Å². The topological polar surface area (TPSA) is 72.6 Å². The average Bonchev–Trinajstić information content (AvgIpc) is 2.20. The molecule has 0 aliphatic carbocycles. The Morgan fingerprint density at radius 2 is 2.27 bits per heavy atom. The fourth-order valence-electron chi connectivity index (χ4n) is 1.08. The number of aliphatic imine (C=N–C) groups is 1. The van der Waals surface area contributed by atoms with Gasteiger partial charge in [-0.05, 0) is 34.0 Å². The van der Waals surface area contributed by atoms with E-state index in [0.29, 0.717) is 17.4 Å². The molecule has 0 spiro atoms. The standard InChI is InChI=1S/C9H7BrN2O3/c10-8-2-1-7(3-4-11-6-13)5-9(8)12(14)15/h1-2,5H,3-4H2. The van der Waals surface area contributed by atoms with Gasteiger partial charge in [-0.1, -0.05) is 6.07 Å². The van der Waals surface area contributed by atoms with Crippen LogP contribution in [0.15, 0.2) is 27.7 Å². The molecule has 0 unspecified atom stereocenters. The Morgan fingerprint density at radius 3 is 2.87 bits per heavy atom. The largest absolute Gasteiger partial charge is 0.283 e. The first-order valence-corrected chi connectivity index (χ1v) is 4.91. The molecule has 0 aliphatic rings. The zero-order valence-electron chi connectivity index (χ0n) is 7.64. The van der Waals surface area contributed by atoms with Crippen molar-refractivity contribution in [3.63, 3.8) is 0 Å². The van der Waals surface area contributed by atoms with Crippen molar-refractivity contribution in [1.29, 1.82) is 0 Å². The van der Waals surface area contributed by atoms with Gasteiger partial charge in [-0.3, -0.25) is 10.1 Å². The molecule has 0 aliphatic heterocycles. The number of nitrogens with zero attached hydrogens (tertiary/aromatic N) is 2. The molecule has 1 aromatic rings. The number of isocyanates is 1. The molecule has 0 radical (unpaired) electrons. The summed E-state index contributed by atoms with van der Waals surface area (Å²) in [5.41, 5.74) is 0.784. The van der Waals surface area contributed by atoms with E-state index >= 15 is 0 Å². The highest BCUT2D eigenvalue weighted by Gasteiger charge is 2.11. The minimum Gasteiger partial charge on any atom is -0.258 e. The van der Waals surface area contributed by atoms with Gasteiger partial charge < -0.3 is 0 Å². The van der Waals surface area contributed by atoms with Crippen molar-refractivity contribution in [2.45, 2.75) is 6.42 Å². The third-order valence-electron chi connectivity index (χ3n) is 1.78. The van der Waals surface area contributed by atoms with Crippen molar-refractivity contribution in [2.75, 3.05) is 6.54 Å². The Bertz CT molecular complexity index is 427. The smallest absolute Gasteiger partial charge is 0.258 e. The zero-order valence-corrected chi connectivity index (χ0v) is 9.23. The molecule has 0 N–H and O–H groups in total. The molecule has 0 heterocycles. The molecule has 6 heteroatoms. The maximum Gasteiger partial charge on any atom is 0.283 e. The normalized spacial score (nSPS) is 9.40. The number of hydrogen-bond donors (Lipinski definition) is 0. The lowest BCUT2D eigenvalue weighted by Gasteiger charge is -1.99. The van der Waals surface area contributed by atoms with Crippen LogP contribution < -0.4 is 0 Å². The van der Waals surface area contributed by atoms with E-state index in [9.17, 15) is 14.9 Å². The fourth-order valence-corrected chi connectivity index (χ4v) is 1.48. The third kappa shape index (κ3) is 3.27. The Hall–Kier alpha value is -1.52. The summed E-state index contributed by atoms with van der Waals surface area (Å²) in [6, 6.07) is 4.82. The van der Waals surface area contributed by atoms with Crippen LogP contribution in [0.4, 0.5) is 5.69 Å². The van der Waals surface area contributed by atoms with Gasteiger partial charge in [0.15, 0.2) is 0 Å². The Balaban J connectivity index is 2.87. The zero-order chi connectivity index (χ0) is 11.3. The molecule has 5 nitrogen and oxygen atoms in total. The maximum absolute atomic E-state index is 10.6. The molecule has 0 amide bonds. The summed E-state index contributed by atoms with van der Waals surface area (Å²) in [5, 5.41) is 10.6. The number of carbonyl (C=O) groups excluding carboxylic acids is 1. The van der Waals surface area contributed by atoms with Crippen molar-refractivity contribution >= 4 is 27.7 Å². The molecule has 78 valence electrons. The lowest BCUT2D eigenvalue weighted by atomic mass is 10.1. The van der Waals surface area contributed by atoms with Crippen LogP contribution in [-0.2, 0) is 11.2 Å². The highest BCUT2D eigenvalue weighted by Crippen LogP contribution is 2.25. The van der Waals surface area contributed by atoms with Gasteiger partial charge in [0.25, 0.3) is 5.69 Å². The molecule has 0 bridgehead atoms. The molecule has 15 heavy (non-hydrogen) atoms. The van der Waals surface area contributed by atoms with Crippen LogP contribution in [0, 0.1) is 10.1 Å². The summed E-state index contributed by atoms with van der Waals surface area (Å²) in [5.74, 6) is 0. The second-order valence-corrected chi connectivity index (χ2v) is 3.62. The van der Waals surface area contributed by atoms with Crippen molar-refractivity contribution in [3.05, 3.63) is 38.3 Å². The molecular weight excluding hydrogens is 264 g/mol. The maximum atomic E-state index is 10.6. The van der Waals surface area contributed by atoms with Gasteiger partial charge in [0.1, 0.15) is 0 Å².